The number of anilines is 1. The summed E-state index contributed by atoms with van der Waals surface area (Å²) in [6.45, 7) is 7.30. The van der Waals surface area contributed by atoms with Crippen LogP contribution in [-0.2, 0) is 14.3 Å². The van der Waals surface area contributed by atoms with Crippen LogP contribution in [-0.4, -0.2) is 59.1 Å². The summed E-state index contributed by atoms with van der Waals surface area (Å²) < 4.78 is 5.45. The number of carbonyl (C=O) groups excluding carboxylic acids is 3. The molecule has 1 aromatic heterocycles. The van der Waals surface area contributed by atoms with Gasteiger partial charge < -0.3 is 20.3 Å². The van der Waals surface area contributed by atoms with Crippen molar-refractivity contribution < 1.29 is 19.1 Å². The van der Waals surface area contributed by atoms with E-state index in [1.54, 1.807) is 17.2 Å². The van der Waals surface area contributed by atoms with Gasteiger partial charge in [-0.25, -0.2) is 9.78 Å². The van der Waals surface area contributed by atoms with Gasteiger partial charge >= 0.3 is 6.09 Å². The molecule has 2 aliphatic heterocycles. The molecule has 2 aliphatic rings. The number of amides is 3. The SMILES string of the molecule is CC(C)(C)OC(=O)N1CCNC(c2ccc(NC3CCC(=O)NC3=O)nc2)C1. The van der Waals surface area contributed by atoms with Gasteiger partial charge in [0.15, 0.2) is 0 Å². The minimum atomic E-state index is -0.525. The summed E-state index contributed by atoms with van der Waals surface area (Å²) in [5.41, 5.74) is 0.421. The molecule has 0 bridgehead atoms. The number of nitrogens with one attached hydrogen (secondary N) is 3. The Morgan fingerprint density at radius 3 is 2.75 bits per heavy atom. The summed E-state index contributed by atoms with van der Waals surface area (Å²) in [4.78, 5) is 41.4. The average Bonchev–Trinajstić information content (AvgIpc) is 2.63. The average molecular weight is 389 g/mol. The smallest absolute Gasteiger partial charge is 0.410 e. The normalized spacial score (nSPS) is 23.2. The lowest BCUT2D eigenvalue weighted by Crippen LogP contribution is -2.49. The van der Waals surface area contributed by atoms with Gasteiger partial charge in [-0.2, -0.15) is 0 Å². The summed E-state index contributed by atoms with van der Waals surface area (Å²) in [5, 5.41) is 8.75. The van der Waals surface area contributed by atoms with Crippen LogP contribution in [0, 0.1) is 0 Å². The van der Waals surface area contributed by atoms with E-state index < -0.39 is 11.6 Å². The van der Waals surface area contributed by atoms with E-state index in [0.717, 1.165) is 5.56 Å². The van der Waals surface area contributed by atoms with Crippen molar-refractivity contribution in [3.63, 3.8) is 0 Å². The Kier molecular flexibility index (Phi) is 5.83. The van der Waals surface area contributed by atoms with E-state index in [0.29, 0.717) is 38.3 Å². The third-order valence-electron chi connectivity index (χ3n) is 4.58. The van der Waals surface area contributed by atoms with E-state index in [1.807, 2.05) is 26.8 Å². The molecule has 9 heteroatoms. The maximum atomic E-state index is 12.3. The molecule has 2 saturated heterocycles. The molecule has 3 amide bonds. The van der Waals surface area contributed by atoms with Crippen molar-refractivity contribution in [2.75, 3.05) is 25.0 Å². The lowest BCUT2D eigenvalue weighted by molar-refractivity contribution is -0.133. The quantitative estimate of drug-likeness (QED) is 0.666. The van der Waals surface area contributed by atoms with Crippen LogP contribution >= 0.6 is 0 Å². The zero-order valence-corrected chi connectivity index (χ0v) is 16.4. The number of rotatable bonds is 3. The summed E-state index contributed by atoms with van der Waals surface area (Å²) in [6.07, 6.45) is 2.17. The molecule has 3 N–H and O–H groups in total. The molecule has 2 atom stereocenters. The van der Waals surface area contributed by atoms with Crippen LogP contribution in [0.15, 0.2) is 18.3 Å². The number of piperazine rings is 1. The summed E-state index contributed by atoms with van der Waals surface area (Å²) >= 11 is 0. The van der Waals surface area contributed by atoms with Crippen molar-refractivity contribution in [1.82, 2.24) is 20.5 Å². The number of aromatic nitrogens is 1. The Morgan fingerprint density at radius 1 is 1.32 bits per heavy atom. The van der Waals surface area contributed by atoms with Crippen LogP contribution in [0.1, 0.15) is 45.2 Å². The fourth-order valence-electron chi connectivity index (χ4n) is 3.17. The van der Waals surface area contributed by atoms with E-state index in [9.17, 15) is 14.4 Å². The zero-order valence-electron chi connectivity index (χ0n) is 16.4. The molecule has 28 heavy (non-hydrogen) atoms. The van der Waals surface area contributed by atoms with Crippen molar-refractivity contribution in [2.24, 2.45) is 0 Å². The molecule has 0 spiro atoms. The van der Waals surface area contributed by atoms with Gasteiger partial charge in [-0.3, -0.25) is 14.9 Å². The number of pyridine rings is 1. The Morgan fingerprint density at radius 2 is 2.11 bits per heavy atom. The monoisotopic (exact) mass is 389 g/mol. The van der Waals surface area contributed by atoms with Crippen molar-refractivity contribution in [2.45, 2.75) is 51.3 Å². The van der Waals surface area contributed by atoms with E-state index in [4.69, 9.17) is 4.74 Å². The lowest BCUT2D eigenvalue weighted by atomic mass is 10.1. The van der Waals surface area contributed by atoms with Gasteiger partial charge in [0.25, 0.3) is 0 Å². The first-order valence-electron chi connectivity index (χ1n) is 9.49. The molecule has 3 rings (SSSR count). The Hall–Kier alpha value is -2.68. The number of nitrogens with zero attached hydrogens (tertiary/aromatic N) is 2. The first-order valence-corrected chi connectivity index (χ1v) is 9.49. The standard InChI is InChI=1S/C19H27N5O4/c1-19(2,3)28-18(27)24-9-8-20-14(11-24)12-4-6-15(21-10-12)22-13-5-7-16(25)23-17(13)26/h4,6,10,13-14,20H,5,7-9,11H2,1-3H3,(H,21,22)(H,23,25,26). The molecule has 152 valence electrons. The highest BCUT2D eigenvalue weighted by molar-refractivity contribution is 6.01. The molecular weight excluding hydrogens is 362 g/mol. The van der Waals surface area contributed by atoms with E-state index in [-0.39, 0.29) is 23.9 Å². The van der Waals surface area contributed by atoms with Gasteiger partial charge in [0.05, 0.1) is 6.04 Å². The molecule has 1 aromatic rings. The van der Waals surface area contributed by atoms with Crippen molar-refractivity contribution in [3.8, 4) is 0 Å². The van der Waals surface area contributed by atoms with Gasteiger partial charge in [-0.1, -0.05) is 6.07 Å². The van der Waals surface area contributed by atoms with Gasteiger partial charge in [-0.05, 0) is 38.8 Å². The summed E-state index contributed by atoms with van der Waals surface area (Å²) in [5.74, 6) is -0.00796. The Bertz CT molecular complexity index is 744. The minimum Gasteiger partial charge on any atom is -0.444 e. The number of ether oxygens (including phenoxy) is 1. The molecule has 9 nitrogen and oxygen atoms in total. The van der Waals surface area contributed by atoms with Gasteiger partial charge in [0, 0.05) is 32.3 Å². The zero-order chi connectivity index (χ0) is 20.3. The molecule has 2 unspecified atom stereocenters. The molecule has 2 fully saturated rings. The first kappa shape index (κ1) is 20.1. The number of carbonyl (C=O) groups is 3. The highest BCUT2D eigenvalue weighted by atomic mass is 16.6. The predicted octanol–water partition coefficient (Wildman–Crippen LogP) is 1.18. The second-order valence-corrected chi connectivity index (χ2v) is 8.06. The van der Waals surface area contributed by atoms with Crippen LogP contribution in [0.2, 0.25) is 0 Å². The lowest BCUT2D eigenvalue weighted by Gasteiger charge is -2.35. The highest BCUT2D eigenvalue weighted by Gasteiger charge is 2.29. The topological polar surface area (TPSA) is 113 Å². The second-order valence-electron chi connectivity index (χ2n) is 8.06. The predicted molar refractivity (Wildman–Crippen MR) is 103 cm³/mol. The number of piperidine rings is 1. The molecule has 0 aliphatic carbocycles. The maximum Gasteiger partial charge on any atom is 0.410 e. The first-order chi connectivity index (χ1) is 13.2. The van der Waals surface area contributed by atoms with Crippen LogP contribution < -0.4 is 16.0 Å². The number of hydrogen-bond donors (Lipinski definition) is 3. The molecule has 0 aromatic carbocycles. The van der Waals surface area contributed by atoms with Gasteiger partial charge in [0.1, 0.15) is 17.5 Å². The van der Waals surface area contributed by atoms with Crippen LogP contribution in [0.25, 0.3) is 0 Å². The second kappa shape index (κ2) is 8.14. The summed E-state index contributed by atoms with van der Waals surface area (Å²) in [6, 6.07) is 3.20. The Balaban J connectivity index is 1.59. The molecular formula is C19H27N5O4. The van der Waals surface area contributed by atoms with Crippen molar-refractivity contribution >= 4 is 23.7 Å². The highest BCUT2D eigenvalue weighted by Crippen LogP contribution is 2.20. The molecule has 0 radical (unpaired) electrons. The minimum absolute atomic E-state index is 0.0431. The maximum absolute atomic E-state index is 12.3. The molecule has 0 saturated carbocycles. The van der Waals surface area contributed by atoms with Crippen molar-refractivity contribution in [1.29, 1.82) is 0 Å². The van der Waals surface area contributed by atoms with Crippen LogP contribution in [0.5, 0.6) is 0 Å². The van der Waals surface area contributed by atoms with Crippen LogP contribution in [0.3, 0.4) is 0 Å². The third-order valence-corrected chi connectivity index (χ3v) is 4.58. The molecule has 3 heterocycles. The van der Waals surface area contributed by atoms with E-state index >= 15 is 0 Å². The van der Waals surface area contributed by atoms with Gasteiger partial charge in [-0.15, -0.1) is 0 Å². The Labute approximate surface area is 164 Å². The number of imide groups is 1. The largest absolute Gasteiger partial charge is 0.444 e. The van der Waals surface area contributed by atoms with Crippen LogP contribution in [0.4, 0.5) is 10.6 Å². The number of hydrogen-bond acceptors (Lipinski definition) is 7. The van der Waals surface area contributed by atoms with E-state index in [2.05, 4.69) is 20.9 Å². The fraction of sp³-hybridized carbons (Fsp3) is 0.579. The van der Waals surface area contributed by atoms with Gasteiger partial charge in [0.2, 0.25) is 11.8 Å². The third kappa shape index (κ3) is 5.19. The fourth-order valence-corrected chi connectivity index (χ4v) is 3.17. The summed E-state index contributed by atoms with van der Waals surface area (Å²) in [7, 11) is 0. The van der Waals surface area contributed by atoms with E-state index in [1.165, 1.54) is 0 Å². The van der Waals surface area contributed by atoms with Crippen molar-refractivity contribution in [3.05, 3.63) is 23.9 Å².